The van der Waals surface area contributed by atoms with Crippen LogP contribution in [0.1, 0.15) is 324 Å². The van der Waals surface area contributed by atoms with Gasteiger partial charge in [-0.1, -0.05) is 285 Å². The van der Waals surface area contributed by atoms with Crippen LogP contribution in [0.5, 0.6) is 0 Å². The van der Waals surface area contributed by atoms with E-state index in [1.54, 1.807) is 0 Å². The Hall–Kier alpha value is -1.59. The molecule has 0 heterocycles. The van der Waals surface area contributed by atoms with E-state index in [4.69, 9.17) is 14.2 Å². The van der Waals surface area contributed by atoms with Crippen molar-refractivity contribution in [3.63, 3.8) is 0 Å². The first-order valence-electron chi connectivity index (χ1n) is 28.8. The summed E-state index contributed by atoms with van der Waals surface area (Å²) in [6, 6.07) is 0. The number of carbonyl (C=O) groups is 3. The molecular formula is C58H112O6. The van der Waals surface area contributed by atoms with E-state index in [0.717, 1.165) is 69.6 Å². The summed E-state index contributed by atoms with van der Waals surface area (Å²) >= 11 is 0. The van der Waals surface area contributed by atoms with Crippen LogP contribution in [0.4, 0.5) is 0 Å². The molecule has 0 fully saturated rings. The van der Waals surface area contributed by atoms with Gasteiger partial charge in [-0.2, -0.15) is 0 Å². The van der Waals surface area contributed by atoms with Crippen molar-refractivity contribution in [2.24, 2.45) is 11.8 Å². The molecule has 0 aromatic heterocycles. The second kappa shape index (κ2) is 50.8. The van der Waals surface area contributed by atoms with E-state index < -0.39 is 6.10 Å². The van der Waals surface area contributed by atoms with Crippen molar-refractivity contribution in [1.82, 2.24) is 0 Å². The van der Waals surface area contributed by atoms with Crippen molar-refractivity contribution in [1.29, 1.82) is 0 Å². The first-order valence-corrected chi connectivity index (χ1v) is 28.8. The molecule has 0 amide bonds. The third kappa shape index (κ3) is 49.8. The number of unbranched alkanes of at least 4 members (excludes halogenated alkanes) is 36. The highest BCUT2D eigenvalue weighted by Gasteiger charge is 2.19. The lowest BCUT2D eigenvalue weighted by molar-refractivity contribution is -0.167. The van der Waals surface area contributed by atoms with Crippen LogP contribution < -0.4 is 0 Å². The lowest BCUT2D eigenvalue weighted by atomic mass is 9.99. The smallest absolute Gasteiger partial charge is 0.306 e. The first-order chi connectivity index (χ1) is 31.3. The Morgan fingerprint density at radius 2 is 0.594 bits per heavy atom. The third-order valence-corrected chi connectivity index (χ3v) is 13.6. The van der Waals surface area contributed by atoms with Crippen LogP contribution >= 0.6 is 0 Å². The normalized spacial score (nSPS) is 12.5. The fourth-order valence-electron chi connectivity index (χ4n) is 8.84. The minimum Gasteiger partial charge on any atom is -0.462 e. The van der Waals surface area contributed by atoms with Gasteiger partial charge in [0.2, 0.25) is 0 Å². The SMILES string of the molecule is CCCCCCCCCCCCCCCCC(=O)OC[C@@H](COC(=O)CCCCCCCCCC(C)C)OC(=O)CCCCCCCCCCCCCCCCCCCCC(C)CC. The number of rotatable bonds is 52. The Morgan fingerprint density at radius 1 is 0.328 bits per heavy atom. The van der Waals surface area contributed by atoms with Crippen LogP contribution in [0.25, 0.3) is 0 Å². The topological polar surface area (TPSA) is 78.9 Å². The molecule has 0 radical (unpaired) electrons. The van der Waals surface area contributed by atoms with Gasteiger partial charge in [0.05, 0.1) is 0 Å². The highest BCUT2D eigenvalue weighted by Crippen LogP contribution is 2.19. The maximum Gasteiger partial charge on any atom is 0.306 e. The fourth-order valence-corrected chi connectivity index (χ4v) is 8.84. The number of hydrogen-bond acceptors (Lipinski definition) is 6. The predicted molar refractivity (Wildman–Crippen MR) is 275 cm³/mol. The zero-order valence-electron chi connectivity index (χ0n) is 43.9. The highest BCUT2D eigenvalue weighted by atomic mass is 16.6. The summed E-state index contributed by atoms with van der Waals surface area (Å²) in [5.74, 6) is 0.847. The molecule has 6 heteroatoms. The molecule has 0 spiro atoms. The van der Waals surface area contributed by atoms with Crippen LogP contribution in [0.2, 0.25) is 0 Å². The molecule has 6 nitrogen and oxygen atoms in total. The quantitative estimate of drug-likeness (QED) is 0.0344. The minimum atomic E-state index is -0.762. The van der Waals surface area contributed by atoms with Gasteiger partial charge in [-0.15, -0.1) is 0 Å². The molecule has 0 N–H and O–H groups in total. The minimum absolute atomic E-state index is 0.0634. The summed E-state index contributed by atoms with van der Waals surface area (Å²) in [4.78, 5) is 38.0. The van der Waals surface area contributed by atoms with E-state index in [-0.39, 0.29) is 31.1 Å². The maximum absolute atomic E-state index is 12.8. The van der Waals surface area contributed by atoms with Gasteiger partial charge < -0.3 is 14.2 Å². The van der Waals surface area contributed by atoms with E-state index in [0.29, 0.717) is 19.3 Å². The van der Waals surface area contributed by atoms with Crippen LogP contribution in [0.15, 0.2) is 0 Å². The predicted octanol–water partition coefficient (Wildman–Crippen LogP) is 18.9. The molecule has 0 saturated carbocycles. The number of esters is 3. The van der Waals surface area contributed by atoms with E-state index in [2.05, 4.69) is 34.6 Å². The number of hydrogen-bond donors (Lipinski definition) is 0. The van der Waals surface area contributed by atoms with Gasteiger partial charge in [-0.25, -0.2) is 0 Å². The van der Waals surface area contributed by atoms with Crippen molar-refractivity contribution in [2.45, 2.75) is 330 Å². The van der Waals surface area contributed by atoms with Crippen molar-refractivity contribution < 1.29 is 28.6 Å². The summed E-state index contributed by atoms with van der Waals surface area (Å²) in [6.45, 7) is 11.4. The lowest BCUT2D eigenvalue weighted by Gasteiger charge is -2.18. The maximum atomic E-state index is 12.8. The second-order valence-corrected chi connectivity index (χ2v) is 20.6. The van der Waals surface area contributed by atoms with Crippen molar-refractivity contribution in [2.75, 3.05) is 13.2 Å². The van der Waals surface area contributed by atoms with Crippen LogP contribution in [-0.4, -0.2) is 37.2 Å². The summed E-state index contributed by atoms with van der Waals surface area (Å²) in [5.41, 5.74) is 0. The van der Waals surface area contributed by atoms with Gasteiger partial charge in [0.25, 0.3) is 0 Å². The van der Waals surface area contributed by atoms with E-state index in [9.17, 15) is 14.4 Å². The molecule has 1 unspecified atom stereocenters. The molecule has 2 atom stereocenters. The Morgan fingerprint density at radius 3 is 0.891 bits per heavy atom. The van der Waals surface area contributed by atoms with Crippen molar-refractivity contribution in [3.05, 3.63) is 0 Å². The van der Waals surface area contributed by atoms with Gasteiger partial charge in [-0.3, -0.25) is 14.4 Å². The van der Waals surface area contributed by atoms with Gasteiger partial charge in [0.1, 0.15) is 13.2 Å². The van der Waals surface area contributed by atoms with Crippen LogP contribution in [-0.2, 0) is 28.6 Å². The monoisotopic (exact) mass is 905 g/mol. The van der Waals surface area contributed by atoms with Crippen molar-refractivity contribution in [3.8, 4) is 0 Å². The molecule has 0 aromatic carbocycles. The second-order valence-electron chi connectivity index (χ2n) is 20.6. The summed E-state index contributed by atoms with van der Waals surface area (Å²) < 4.78 is 16.8. The molecule has 380 valence electrons. The zero-order chi connectivity index (χ0) is 46.8. The number of ether oxygens (including phenoxy) is 3. The van der Waals surface area contributed by atoms with Gasteiger partial charge in [-0.05, 0) is 31.1 Å². The fraction of sp³-hybridized carbons (Fsp3) is 0.948. The molecule has 0 bridgehead atoms. The number of carbonyl (C=O) groups excluding carboxylic acids is 3. The Kier molecular flexibility index (Phi) is 49.6. The average molecular weight is 906 g/mol. The summed E-state index contributed by atoms with van der Waals surface area (Å²) in [7, 11) is 0. The van der Waals surface area contributed by atoms with Gasteiger partial charge in [0, 0.05) is 19.3 Å². The van der Waals surface area contributed by atoms with E-state index in [1.165, 1.54) is 212 Å². The summed E-state index contributed by atoms with van der Waals surface area (Å²) in [5, 5.41) is 0. The first kappa shape index (κ1) is 62.4. The molecular weight excluding hydrogens is 793 g/mol. The van der Waals surface area contributed by atoms with E-state index >= 15 is 0 Å². The molecule has 0 aliphatic heterocycles. The summed E-state index contributed by atoms with van der Waals surface area (Å²) in [6.07, 6.45) is 53.9. The molecule has 0 aromatic rings. The van der Waals surface area contributed by atoms with Crippen LogP contribution in [0.3, 0.4) is 0 Å². The van der Waals surface area contributed by atoms with Crippen LogP contribution in [0, 0.1) is 11.8 Å². The van der Waals surface area contributed by atoms with E-state index in [1.807, 2.05) is 0 Å². The molecule has 0 aliphatic carbocycles. The molecule has 64 heavy (non-hydrogen) atoms. The molecule has 0 aliphatic rings. The zero-order valence-corrected chi connectivity index (χ0v) is 43.9. The average Bonchev–Trinajstić information content (AvgIpc) is 3.28. The third-order valence-electron chi connectivity index (χ3n) is 13.6. The Labute approximate surface area is 399 Å². The lowest BCUT2D eigenvalue weighted by Crippen LogP contribution is -2.30. The van der Waals surface area contributed by atoms with Gasteiger partial charge in [0.15, 0.2) is 6.10 Å². The highest BCUT2D eigenvalue weighted by molar-refractivity contribution is 5.71. The Balaban J connectivity index is 4.21. The van der Waals surface area contributed by atoms with Crippen molar-refractivity contribution >= 4 is 17.9 Å². The molecule has 0 rings (SSSR count). The standard InChI is InChI=1S/C58H112O6/c1-6-8-9-10-11-12-13-14-22-25-28-33-38-43-48-56(59)62-51-55(52-63-57(60)49-44-39-35-30-31-36-41-46-53(3)4)64-58(61)50-45-40-34-29-26-23-20-18-16-15-17-19-21-24-27-32-37-42-47-54(5)7-2/h53-55H,6-52H2,1-5H3/t54?,55-/m0/s1. The molecule has 0 saturated heterocycles. The Bertz CT molecular complexity index is 980. The van der Waals surface area contributed by atoms with Gasteiger partial charge >= 0.3 is 17.9 Å². The largest absolute Gasteiger partial charge is 0.462 e.